The summed E-state index contributed by atoms with van der Waals surface area (Å²) < 4.78 is 4.47. The topological polar surface area (TPSA) is 29.5 Å². The average Bonchev–Trinajstić information content (AvgIpc) is 2.23. The molecule has 0 aliphatic rings. The first kappa shape index (κ1) is 19.1. The fourth-order valence-corrected chi connectivity index (χ4v) is 0.642. The van der Waals surface area contributed by atoms with Gasteiger partial charge in [-0.15, -0.1) is 0 Å². The van der Waals surface area contributed by atoms with Crippen LogP contribution in [0.5, 0.6) is 0 Å². The Labute approximate surface area is 89.4 Å². The van der Waals surface area contributed by atoms with Crippen LogP contribution >= 0.6 is 0 Å². The number of carbonyl (C=O) groups is 1. The molecule has 3 nitrogen and oxygen atoms in total. The van der Waals surface area contributed by atoms with Gasteiger partial charge in [-0.05, 0) is 27.1 Å². The Bertz CT molecular complexity index is 103. The van der Waals surface area contributed by atoms with Crippen molar-refractivity contribution in [1.29, 1.82) is 0 Å². The van der Waals surface area contributed by atoms with E-state index in [0.29, 0.717) is 6.42 Å². The highest BCUT2D eigenvalue weighted by Crippen LogP contribution is 1.91. The number of carbonyl (C=O) groups excluding carboxylic acids is 1. The maximum absolute atomic E-state index is 10.6. The second kappa shape index (κ2) is 18.3. The lowest BCUT2D eigenvalue weighted by Gasteiger charge is -2.07. The van der Waals surface area contributed by atoms with Crippen LogP contribution in [0.3, 0.4) is 0 Å². The Hall–Kier alpha value is -0.570. The van der Waals surface area contributed by atoms with Gasteiger partial charge >= 0.3 is 5.97 Å². The van der Waals surface area contributed by atoms with E-state index in [1.54, 1.807) is 0 Å². The van der Waals surface area contributed by atoms with Gasteiger partial charge in [-0.3, -0.25) is 4.79 Å². The molecular weight excluding hydrogens is 178 g/mol. The second-order valence-corrected chi connectivity index (χ2v) is 2.48. The lowest BCUT2D eigenvalue weighted by atomic mass is 10.3. The molecule has 0 N–H and O–H groups in total. The molecule has 0 amide bonds. The Morgan fingerprint density at radius 3 is 1.86 bits per heavy atom. The van der Waals surface area contributed by atoms with Crippen molar-refractivity contribution in [2.75, 3.05) is 27.7 Å². The van der Waals surface area contributed by atoms with E-state index in [1.165, 1.54) is 7.11 Å². The molecule has 0 bridgehead atoms. The fraction of sp³-hybridized carbons (Fsp3) is 0.909. The van der Waals surface area contributed by atoms with Crippen LogP contribution in [-0.2, 0) is 9.53 Å². The quantitative estimate of drug-likeness (QED) is 0.661. The molecule has 0 radical (unpaired) electrons. The van der Waals surface area contributed by atoms with Gasteiger partial charge in [0.15, 0.2) is 0 Å². The summed E-state index contributed by atoms with van der Waals surface area (Å²) >= 11 is 0. The van der Waals surface area contributed by atoms with Crippen molar-refractivity contribution in [3.8, 4) is 0 Å². The first-order valence-electron chi connectivity index (χ1n) is 5.38. The van der Waals surface area contributed by atoms with Crippen LogP contribution in [0.2, 0.25) is 0 Å². The van der Waals surface area contributed by atoms with Crippen molar-refractivity contribution < 1.29 is 9.53 Å². The van der Waals surface area contributed by atoms with Gasteiger partial charge in [-0.1, -0.05) is 27.7 Å². The number of rotatable bonds is 4. The molecule has 0 saturated heterocycles. The highest BCUT2D eigenvalue weighted by molar-refractivity contribution is 5.68. The smallest absolute Gasteiger partial charge is 0.305 e. The first-order valence-corrected chi connectivity index (χ1v) is 5.38. The Balaban J connectivity index is -0.000000266. The van der Waals surface area contributed by atoms with Crippen LogP contribution in [0.15, 0.2) is 0 Å². The predicted molar refractivity (Wildman–Crippen MR) is 62.5 cm³/mol. The van der Waals surface area contributed by atoms with Gasteiger partial charge in [0.2, 0.25) is 0 Å². The summed E-state index contributed by atoms with van der Waals surface area (Å²) in [6.45, 7) is 8.94. The average molecular weight is 205 g/mol. The van der Waals surface area contributed by atoms with Crippen LogP contribution in [-0.4, -0.2) is 38.6 Å². The highest BCUT2D eigenvalue weighted by Gasteiger charge is 1.98. The monoisotopic (exact) mass is 205 g/mol. The SMILES string of the molecule is CC.CC.COC(=O)CCCN(C)C. The van der Waals surface area contributed by atoms with E-state index in [1.807, 2.05) is 46.7 Å². The molecule has 0 atom stereocenters. The maximum Gasteiger partial charge on any atom is 0.305 e. The van der Waals surface area contributed by atoms with Gasteiger partial charge in [-0.2, -0.15) is 0 Å². The molecule has 0 heterocycles. The van der Waals surface area contributed by atoms with Gasteiger partial charge in [0, 0.05) is 6.42 Å². The third-order valence-corrected chi connectivity index (χ3v) is 1.21. The van der Waals surface area contributed by atoms with Gasteiger partial charge in [0.25, 0.3) is 0 Å². The number of hydrogen-bond donors (Lipinski definition) is 0. The summed E-state index contributed by atoms with van der Waals surface area (Å²) in [4.78, 5) is 12.6. The molecule has 0 aromatic rings. The lowest BCUT2D eigenvalue weighted by Crippen LogP contribution is -2.14. The highest BCUT2D eigenvalue weighted by atomic mass is 16.5. The number of nitrogens with zero attached hydrogens (tertiary/aromatic N) is 1. The summed E-state index contributed by atoms with van der Waals surface area (Å²) in [5, 5.41) is 0. The van der Waals surface area contributed by atoms with Crippen LogP contribution in [0.25, 0.3) is 0 Å². The Kier molecular flexibility index (Phi) is 24.9. The molecule has 0 fully saturated rings. The zero-order valence-corrected chi connectivity index (χ0v) is 10.9. The van der Waals surface area contributed by atoms with E-state index in [2.05, 4.69) is 4.74 Å². The van der Waals surface area contributed by atoms with E-state index in [0.717, 1.165) is 13.0 Å². The molecule has 0 aliphatic heterocycles. The van der Waals surface area contributed by atoms with E-state index >= 15 is 0 Å². The van der Waals surface area contributed by atoms with E-state index in [-0.39, 0.29) is 5.97 Å². The zero-order valence-electron chi connectivity index (χ0n) is 10.9. The summed E-state index contributed by atoms with van der Waals surface area (Å²) in [6.07, 6.45) is 1.40. The van der Waals surface area contributed by atoms with Gasteiger partial charge in [0.05, 0.1) is 7.11 Å². The van der Waals surface area contributed by atoms with E-state index in [4.69, 9.17) is 0 Å². The minimum atomic E-state index is -0.123. The second-order valence-electron chi connectivity index (χ2n) is 2.48. The van der Waals surface area contributed by atoms with Crippen LogP contribution in [0.4, 0.5) is 0 Å². The molecule has 14 heavy (non-hydrogen) atoms. The molecule has 0 aliphatic carbocycles. The number of esters is 1. The van der Waals surface area contributed by atoms with E-state index in [9.17, 15) is 4.79 Å². The maximum atomic E-state index is 10.6. The van der Waals surface area contributed by atoms with Crippen molar-refractivity contribution >= 4 is 5.97 Å². The van der Waals surface area contributed by atoms with Gasteiger partial charge in [-0.25, -0.2) is 0 Å². The summed E-state index contributed by atoms with van der Waals surface area (Å²) in [6, 6.07) is 0. The normalized spacial score (nSPS) is 8.00. The molecule has 0 spiro atoms. The van der Waals surface area contributed by atoms with Gasteiger partial charge < -0.3 is 9.64 Å². The number of ether oxygens (including phenoxy) is 1. The largest absolute Gasteiger partial charge is 0.469 e. The van der Waals surface area contributed by atoms with Crippen molar-refractivity contribution in [3.05, 3.63) is 0 Å². The summed E-state index contributed by atoms with van der Waals surface area (Å²) in [7, 11) is 5.38. The Morgan fingerprint density at radius 1 is 1.14 bits per heavy atom. The summed E-state index contributed by atoms with van der Waals surface area (Å²) in [5.74, 6) is -0.123. The van der Waals surface area contributed by atoms with Crippen molar-refractivity contribution in [2.45, 2.75) is 40.5 Å². The molecule has 0 aromatic heterocycles. The fourth-order valence-electron chi connectivity index (χ4n) is 0.642. The minimum absolute atomic E-state index is 0.123. The third-order valence-electron chi connectivity index (χ3n) is 1.21. The molecule has 3 heteroatoms. The molecule has 0 unspecified atom stereocenters. The molecule has 0 rings (SSSR count). The molecular formula is C11H27NO2. The molecule has 0 aromatic carbocycles. The van der Waals surface area contributed by atoms with E-state index < -0.39 is 0 Å². The molecule has 0 saturated carbocycles. The van der Waals surface area contributed by atoms with Crippen molar-refractivity contribution in [2.24, 2.45) is 0 Å². The van der Waals surface area contributed by atoms with Crippen LogP contribution in [0.1, 0.15) is 40.5 Å². The predicted octanol–water partition coefficient (Wildman–Crippen LogP) is 2.55. The summed E-state index contributed by atoms with van der Waals surface area (Å²) in [5.41, 5.74) is 0. The van der Waals surface area contributed by atoms with Crippen molar-refractivity contribution in [3.63, 3.8) is 0 Å². The van der Waals surface area contributed by atoms with Gasteiger partial charge in [0.1, 0.15) is 0 Å². The van der Waals surface area contributed by atoms with Crippen LogP contribution < -0.4 is 0 Å². The lowest BCUT2D eigenvalue weighted by molar-refractivity contribution is -0.140. The standard InChI is InChI=1S/C7H15NO2.2C2H6/c1-8(2)6-4-5-7(9)10-3;2*1-2/h4-6H2,1-3H3;2*1-2H3. The minimum Gasteiger partial charge on any atom is -0.469 e. The molecule has 88 valence electrons. The third kappa shape index (κ3) is 22.5. The first-order chi connectivity index (χ1) is 6.66. The zero-order chi connectivity index (χ0) is 12.0. The number of methoxy groups -OCH3 is 1. The Morgan fingerprint density at radius 2 is 1.57 bits per heavy atom. The number of hydrogen-bond acceptors (Lipinski definition) is 3. The van der Waals surface area contributed by atoms with Crippen molar-refractivity contribution in [1.82, 2.24) is 4.90 Å². The van der Waals surface area contributed by atoms with Crippen LogP contribution in [0, 0.1) is 0 Å².